The first-order valence-electron chi connectivity index (χ1n) is 8.10. The normalized spacial score (nSPS) is 13.0. The summed E-state index contributed by atoms with van der Waals surface area (Å²) in [6.45, 7) is 0. The van der Waals surface area contributed by atoms with Crippen LogP contribution < -0.4 is 10.6 Å². The minimum absolute atomic E-state index is 0.0536. The molecule has 0 aliphatic carbocycles. The largest absolute Gasteiger partial charge is 0.324 e. The van der Waals surface area contributed by atoms with Gasteiger partial charge in [0.15, 0.2) is 5.13 Å². The molecule has 0 bridgehead atoms. The zero-order chi connectivity index (χ0) is 18.8. The van der Waals surface area contributed by atoms with Crippen molar-refractivity contribution in [2.75, 3.05) is 22.6 Å². The Kier molecular flexibility index (Phi) is 5.20. The van der Waals surface area contributed by atoms with Crippen LogP contribution in [0.2, 0.25) is 0 Å². The van der Waals surface area contributed by atoms with E-state index in [1.165, 1.54) is 28.0 Å². The van der Waals surface area contributed by atoms with Crippen molar-refractivity contribution in [2.24, 2.45) is 0 Å². The van der Waals surface area contributed by atoms with Crippen molar-refractivity contribution < 1.29 is 9.59 Å². The highest BCUT2D eigenvalue weighted by molar-refractivity contribution is 8.00. The Morgan fingerprint density at radius 3 is 2.81 bits per heavy atom. The lowest BCUT2D eigenvalue weighted by Crippen LogP contribution is -2.19. The van der Waals surface area contributed by atoms with Gasteiger partial charge in [0.2, 0.25) is 5.91 Å². The molecule has 4 rings (SSSR count). The molecule has 0 saturated carbocycles. The van der Waals surface area contributed by atoms with Crippen molar-refractivity contribution in [1.29, 1.82) is 0 Å². The summed E-state index contributed by atoms with van der Waals surface area (Å²) in [6.07, 6.45) is 2.04. The van der Waals surface area contributed by atoms with Gasteiger partial charge in [-0.15, -0.1) is 34.9 Å². The second kappa shape index (κ2) is 7.75. The zero-order valence-electron chi connectivity index (χ0n) is 14.3. The number of amides is 2. The second-order valence-electron chi connectivity index (χ2n) is 5.77. The van der Waals surface area contributed by atoms with Crippen LogP contribution in [-0.2, 0) is 4.79 Å². The Bertz CT molecular complexity index is 1020. The summed E-state index contributed by atoms with van der Waals surface area (Å²) in [4.78, 5) is 30.7. The van der Waals surface area contributed by atoms with Crippen LogP contribution in [0.5, 0.6) is 0 Å². The first-order valence-corrected chi connectivity index (χ1v) is 11.2. The molecule has 2 N–H and O–H groups in total. The van der Waals surface area contributed by atoms with Crippen molar-refractivity contribution in [3.8, 4) is 11.3 Å². The van der Waals surface area contributed by atoms with Gasteiger partial charge >= 0.3 is 0 Å². The highest BCUT2D eigenvalue weighted by atomic mass is 32.2. The highest BCUT2D eigenvalue weighted by Gasteiger charge is 2.18. The molecule has 8 heteroatoms. The number of thioether (sulfide) groups is 2. The SMILES string of the molecule is CSc1ccc(-c2csc(NC(=O)c3ccc4c(c3)NC(=O)CS4)n2)cc1. The van der Waals surface area contributed by atoms with E-state index in [1.54, 1.807) is 23.9 Å². The third-order valence-corrected chi connectivity index (χ3v) is 6.56. The van der Waals surface area contributed by atoms with Gasteiger partial charge in [0.1, 0.15) is 0 Å². The van der Waals surface area contributed by atoms with Crippen LogP contribution in [0.15, 0.2) is 57.6 Å². The van der Waals surface area contributed by atoms with E-state index < -0.39 is 0 Å². The Labute approximate surface area is 169 Å². The Hall–Kier alpha value is -2.29. The molecule has 0 spiro atoms. The quantitative estimate of drug-likeness (QED) is 0.600. The summed E-state index contributed by atoms with van der Waals surface area (Å²) < 4.78 is 0. The summed E-state index contributed by atoms with van der Waals surface area (Å²) >= 11 is 4.54. The standard InChI is InChI=1S/C19H15N3O2S3/c1-25-13-5-2-11(3-6-13)15-9-27-19(21-15)22-18(24)12-4-7-16-14(8-12)20-17(23)10-26-16/h2-9H,10H2,1H3,(H,20,23)(H,21,22,24). The second-order valence-corrected chi connectivity index (χ2v) is 8.52. The Morgan fingerprint density at radius 2 is 2.04 bits per heavy atom. The molecule has 1 aliphatic heterocycles. The maximum Gasteiger partial charge on any atom is 0.257 e. The van der Waals surface area contributed by atoms with Crippen molar-refractivity contribution >= 4 is 57.5 Å². The number of nitrogens with one attached hydrogen (secondary N) is 2. The lowest BCUT2D eigenvalue weighted by molar-refractivity contribution is -0.113. The van der Waals surface area contributed by atoms with Crippen LogP contribution in [0.3, 0.4) is 0 Å². The maximum absolute atomic E-state index is 12.5. The topological polar surface area (TPSA) is 71.1 Å². The van der Waals surface area contributed by atoms with Crippen molar-refractivity contribution in [3.05, 3.63) is 53.4 Å². The molecule has 0 atom stereocenters. The summed E-state index contributed by atoms with van der Waals surface area (Å²) in [5.74, 6) is 0.0987. The number of hydrogen-bond donors (Lipinski definition) is 2. The molecule has 5 nitrogen and oxygen atoms in total. The summed E-state index contributed by atoms with van der Waals surface area (Å²) in [7, 11) is 0. The van der Waals surface area contributed by atoms with Gasteiger partial charge in [0.25, 0.3) is 5.91 Å². The van der Waals surface area contributed by atoms with E-state index in [9.17, 15) is 9.59 Å². The van der Waals surface area contributed by atoms with Gasteiger partial charge < -0.3 is 5.32 Å². The first kappa shape index (κ1) is 18.1. The van der Waals surface area contributed by atoms with Gasteiger partial charge in [0, 0.05) is 26.3 Å². The monoisotopic (exact) mass is 413 g/mol. The van der Waals surface area contributed by atoms with Crippen LogP contribution in [0.1, 0.15) is 10.4 Å². The minimum atomic E-state index is -0.249. The lowest BCUT2D eigenvalue weighted by Gasteiger charge is -2.16. The third-order valence-electron chi connectivity index (χ3n) is 3.99. The van der Waals surface area contributed by atoms with Gasteiger partial charge in [-0.3, -0.25) is 14.9 Å². The number of nitrogens with zero attached hydrogens (tertiary/aromatic N) is 1. The van der Waals surface area contributed by atoms with E-state index in [2.05, 4.69) is 27.8 Å². The van der Waals surface area contributed by atoms with Crippen LogP contribution in [0.4, 0.5) is 10.8 Å². The van der Waals surface area contributed by atoms with Crippen LogP contribution in [0, 0.1) is 0 Å². The molecule has 3 aromatic rings. The summed E-state index contributed by atoms with van der Waals surface area (Å²) in [6, 6.07) is 13.5. The Balaban J connectivity index is 1.49. The van der Waals surface area contributed by atoms with E-state index in [-0.39, 0.29) is 11.8 Å². The molecule has 0 saturated heterocycles. The third kappa shape index (κ3) is 4.02. The number of fused-ring (bicyclic) bond motifs is 1. The molecular formula is C19H15N3O2S3. The fourth-order valence-electron chi connectivity index (χ4n) is 2.62. The van der Waals surface area contributed by atoms with Crippen molar-refractivity contribution in [1.82, 2.24) is 4.98 Å². The van der Waals surface area contributed by atoms with Gasteiger partial charge in [0.05, 0.1) is 17.1 Å². The van der Waals surface area contributed by atoms with E-state index in [4.69, 9.17) is 0 Å². The van der Waals surface area contributed by atoms with Gasteiger partial charge in [-0.2, -0.15) is 0 Å². The van der Waals surface area contributed by atoms with Gasteiger partial charge in [-0.25, -0.2) is 4.98 Å². The molecule has 2 heterocycles. The van der Waals surface area contributed by atoms with Crippen molar-refractivity contribution in [3.63, 3.8) is 0 Å². The van der Waals surface area contributed by atoms with Crippen molar-refractivity contribution in [2.45, 2.75) is 9.79 Å². The van der Waals surface area contributed by atoms with E-state index >= 15 is 0 Å². The smallest absolute Gasteiger partial charge is 0.257 e. The predicted octanol–water partition coefficient (Wildman–Crippen LogP) is 4.83. The predicted molar refractivity (Wildman–Crippen MR) is 113 cm³/mol. The fourth-order valence-corrected chi connectivity index (χ4v) is 4.53. The fraction of sp³-hybridized carbons (Fsp3) is 0.105. The molecule has 136 valence electrons. The average molecular weight is 414 g/mol. The molecular weight excluding hydrogens is 398 g/mol. The molecule has 27 heavy (non-hydrogen) atoms. The number of rotatable bonds is 4. The molecule has 0 unspecified atom stereocenters. The van der Waals surface area contributed by atoms with Gasteiger partial charge in [-0.05, 0) is 36.6 Å². The Morgan fingerprint density at radius 1 is 1.22 bits per heavy atom. The number of carbonyl (C=O) groups excluding carboxylic acids is 2. The minimum Gasteiger partial charge on any atom is -0.324 e. The first-order chi connectivity index (χ1) is 13.1. The molecule has 2 aromatic carbocycles. The van der Waals surface area contributed by atoms with E-state index in [0.29, 0.717) is 22.1 Å². The number of thiazole rings is 1. The summed E-state index contributed by atoms with van der Waals surface area (Å²) in [5, 5.41) is 8.10. The molecule has 0 fully saturated rings. The van der Waals surface area contributed by atoms with E-state index in [1.807, 2.05) is 29.8 Å². The maximum atomic E-state index is 12.5. The molecule has 2 amide bonds. The van der Waals surface area contributed by atoms with Crippen LogP contribution in [0.25, 0.3) is 11.3 Å². The molecule has 1 aromatic heterocycles. The summed E-state index contributed by atoms with van der Waals surface area (Å²) in [5.41, 5.74) is 3.00. The number of aromatic nitrogens is 1. The molecule has 1 aliphatic rings. The van der Waals surface area contributed by atoms with Gasteiger partial charge in [-0.1, -0.05) is 12.1 Å². The number of hydrogen-bond acceptors (Lipinski definition) is 6. The number of carbonyl (C=O) groups is 2. The number of anilines is 2. The average Bonchev–Trinajstić information content (AvgIpc) is 3.16. The van der Waals surface area contributed by atoms with Crippen LogP contribution in [-0.4, -0.2) is 28.8 Å². The number of benzene rings is 2. The van der Waals surface area contributed by atoms with E-state index in [0.717, 1.165) is 16.2 Å². The lowest BCUT2D eigenvalue weighted by atomic mass is 10.2. The molecule has 0 radical (unpaired) electrons. The zero-order valence-corrected chi connectivity index (χ0v) is 16.8. The van der Waals surface area contributed by atoms with Crippen LogP contribution >= 0.6 is 34.9 Å². The highest BCUT2D eigenvalue weighted by Crippen LogP contribution is 2.32.